The molecule has 0 saturated carbocycles. The fourth-order valence-electron chi connectivity index (χ4n) is 3.88. The Hall–Kier alpha value is -3.43. The Labute approximate surface area is 221 Å². The number of sulfonamides is 1. The van der Waals surface area contributed by atoms with Crippen molar-refractivity contribution in [3.05, 3.63) is 101 Å². The van der Waals surface area contributed by atoms with Crippen molar-refractivity contribution in [1.82, 2.24) is 10.2 Å². The van der Waals surface area contributed by atoms with E-state index in [1.807, 2.05) is 30.3 Å². The van der Waals surface area contributed by atoms with Crippen LogP contribution in [0.3, 0.4) is 0 Å². The summed E-state index contributed by atoms with van der Waals surface area (Å²) < 4.78 is 40.9. The number of amides is 2. The number of halogens is 2. The van der Waals surface area contributed by atoms with Crippen molar-refractivity contribution in [3.63, 3.8) is 0 Å². The monoisotopic (exact) mass is 545 g/mol. The summed E-state index contributed by atoms with van der Waals surface area (Å²) in [5.41, 5.74) is 1.24. The number of likely N-dealkylation sites (N-methyl/N-ethyl adjacent to an activating group) is 1. The Bertz CT molecular complexity index is 1320. The van der Waals surface area contributed by atoms with Gasteiger partial charge in [-0.1, -0.05) is 60.1 Å². The third-order valence-corrected chi connectivity index (χ3v) is 7.11. The van der Waals surface area contributed by atoms with Gasteiger partial charge >= 0.3 is 0 Å². The van der Waals surface area contributed by atoms with Crippen LogP contribution >= 0.6 is 11.6 Å². The van der Waals surface area contributed by atoms with Crippen LogP contribution in [-0.2, 0) is 32.6 Å². The molecule has 0 aliphatic heterocycles. The normalized spacial score (nSPS) is 12.0. The van der Waals surface area contributed by atoms with Gasteiger partial charge in [0.1, 0.15) is 18.4 Å². The van der Waals surface area contributed by atoms with Crippen LogP contribution in [0.4, 0.5) is 10.1 Å². The summed E-state index contributed by atoms with van der Waals surface area (Å²) in [6, 6.07) is 20.1. The largest absolute Gasteiger partial charge is 0.355 e. The Kier molecular flexibility index (Phi) is 9.66. The molecule has 0 spiro atoms. The summed E-state index contributed by atoms with van der Waals surface area (Å²) in [5, 5.41) is 3.16. The summed E-state index contributed by atoms with van der Waals surface area (Å²) in [4.78, 5) is 28.2. The molecule has 0 saturated heterocycles. The minimum atomic E-state index is -3.89. The predicted octanol–water partition coefficient (Wildman–Crippen LogP) is 4.02. The van der Waals surface area contributed by atoms with Crippen molar-refractivity contribution in [2.45, 2.75) is 25.9 Å². The number of nitrogens with one attached hydrogen (secondary N) is 1. The highest BCUT2D eigenvalue weighted by atomic mass is 35.5. The smallest absolute Gasteiger partial charge is 0.244 e. The van der Waals surface area contributed by atoms with Crippen LogP contribution in [-0.4, -0.2) is 50.5 Å². The fraction of sp³-hybridized carbons (Fsp3) is 0.259. The van der Waals surface area contributed by atoms with E-state index in [1.54, 1.807) is 13.0 Å². The summed E-state index contributed by atoms with van der Waals surface area (Å²) in [6.45, 7) is 1.27. The van der Waals surface area contributed by atoms with Crippen LogP contribution < -0.4 is 9.62 Å². The van der Waals surface area contributed by atoms with Crippen molar-refractivity contribution in [3.8, 4) is 0 Å². The molecule has 0 fully saturated rings. The maximum absolute atomic E-state index is 14.7. The molecule has 3 aromatic carbocycles. The summed E-state index contributed by atoms with van der Waals surface area (Å²) >= 11 is 5.95. The first-order valence-corrected chi connectivity index (χ1v) is 13.9. The lowest BCUT2D eigenvalue weighted by Crippen LogP contribution is -2.53. The van der Waals surface area contributed by atoms with Gasteiger partial charge in [-0.05, 0) is 42.8 Å². The van der Waals surface area contributed by atoms with Gasteiger partial charge in [-0.3, -0.25) is 13.9 Å². The van der Waals surface area contributed by atoms with E-state index >= 15 is 0 Å². The Morgan fingerprint density at radius 2 is 1.59 bits per heavy atom. The Balaban J connectivity index is 2.04. The van der Waals surface area contributed by atoms with E-state index in [2.05, 4.69) is 5.32 Å². The van der Waals surface area contributed by atoms with Crippen LogP contribution in [0.2, 0.25) is 5.02 Å². The molecule has 0 heterocycles. The van der Waals surface area contributed by atoms with Crippen LogP contribution in [0.15, 0.2) is 78.9 Å². The molecule has 0 radical (unpaired) electrons. The molecule has 7 nitrogen and oxygen atoms in total. The van der Waals surface area contributed by atoms with Crippen molar-refractivity contribution in [2.24, 2.45) is 0 Å². The topological polar surface area (TPSA) is 86.8 Å². The maximum Gasteiger partial charge on any atom is 0.244 e. The van der Waals surface area contributed by atoms with E-state index in [0.717, 1.165) is 16.1 Å². The Morgan fingerprint density at radius 3 is 2.19 bits per heavy atom. The molecular weight excluding hydrogens is 517 g/mol. The standard InChI is InChI=1S/C27H29ClFN3O4S/c1-3-30-27(34)25(17-20-9-5-4-6-10-20)31(18-21-11-7-8-12-24(21)29)26(33)19-32(37(2,35)36)23-15-13-22(28)14-16-23/h4-16,25H,3,17-19H2,1-2H3,(H,30,34)/t25-/m1/s1. The van der Waals surface area contributed by atoms with Gasteiger partial charge in [0, 0.05) is 30.1 Å². The van der Waals surface area contributed by atoms with E-state index in [4.69, 9.17) is 11.6 Å². The van der Waals surface area contributed by atoms with Crippen molar-refractivity contribution in [1.29, 1.82) is 0 Å². The first kappa shape index (κ1) is 28.1. The predicted molar refractivity (Wildman–Crippen MR) is 143 cm³/mol. The van der Waals surface area contributed by atoms with Gasteiger partial charge in [0.05, 0.1) is 11.9 Å². The molecule has 3 aromatic rings. The molecule has 2 amide bonds. The molecular formula is C27H29ClFN3O4S. The molecule has 0 aliphatic carbocycles. The third kappa shape index (κ3) is 7.77. The second kappa shape index (κ2) is 12.7. The molecule has 196 valence electrons. The van der Waals surface area contributed by atoms with E-state index in [1.165, 1.54) is 47.4 Å². The number of nitrogens with zero attached hydrogens (tertiary/aromatic N) is 2. The number of carbonyl (C=O) groups is 2. The van der Waals surface area contributed by atoms with Crippen LogP contribution in [0.25, 0.3) is 0 Å². The Morgan fingerprint density at radius 1 is 0.973 bits per heavy atom. The van der Waals surface area contributed by atoms with E-state index in [0.29, 0.717) is 11.6 Å². The highest BCUT2D eigenvalue weighted by molar-refractivity contribution is 7.92. The SMILES string of the molecule is CCNC(=O)[C@@H](Cc1ccccc1)N(Cc1ccccc1F)C(=O)CN(c1ccc(Cl)cc1)S(C)(=O)=O. The molecule has 1 N–H and O–H groups in total. The van der Waals surface area contributed by atoms with Gasteiger partial charge in [0.2, 0.25) is 21.8 Å². The van der Waals surface area contributed by atoms with E-state index in [9.17, 15) is 22.4 Å². The summed E-state index contributed by atoms with van der Waals surface area (Å²) in [6.07, 6.45) is 1.15. The van der Waals surface area contributed by atoms with Gasteiger partial charge in [-0.15, -0.1) is 0 Å². The molecule has 37 heavy (non-hydrogen) atoms. The lowest BCUT2D eigenvalue weighted by molar-refractivity contribution is -0.140. The first-order valence-electron chi connectivity index (χ1n) is 11.7. The third-order valence-electron chi connectivity index (χ3n) is 5.71. The highest BCUT2D eigenvalue weighted by Gasteiger charge is 2.33. The zero-order valence-corrected chi connectivity index (χ0v) is 22.2. The lowest BCUT2D eigenvalue weighted by Gasteiger charge is -2.33. The number of rotatable bonds is 11. The zero-order chi connectivity index (χ0) is 27.0. The lowest BCUT2D eigenvalue weighted by atomic mass is 10.0. The van der Waals surface area contributed by atoms with Crippen molar-refractivity contribution < 1.29 is 22.4 Å². The van der Waals surface area contributed by atoms with Gasteiger partial charge in [0.15, 0.2) is 0 Å². The van der Waals surface area contributed by atoms with Crippen LogP contribution in [0, 0.1) is 5.82 Å². The van der Waals surface area contributed by atoms with Gasteiger partial charge in [-0.2, -0.15) is 0 Å². The molecule has 10 heteroatoms. The van der Waals surface area contributed by atoms with Gasteiger partial charge < -0.3 is 10.2 Å². The maximum atomic E-state index is 14.7. The second-order valence-corrected chi connectivity index (χ2v) is 10.8. The average molecular weight is 546 g/mol. The van der Waals surface area contributed by atoms with Crippen molar-refractivity contribution >= 4 is 39.1 Å². The molecule has 0 bridgehead atoms. The highest BCUT2D eigenvalue weighted by Crippen LogP contribution is 2.22. The quantitative estimate of drug-likeness (QED) is 0.394. The van der Waals surface area contributed by atoms with E-state index in [-0.39, 0.29) is 24.2 Å². The fourth-order valence-corrected chi connectivity index (χ4v) is 4.85. The number of carbonyl (C=O) groups excluding carboxylic acids is 2. The summed E-state index contributed by atoms with van der Waals surface area (Å²) in [7, 11) is -3.89. The minimum Gasteiger partial charge on any atom is -0.355 e. The first-order chi connectivity index (χ1) is 17.6. The summed E-state index contributed by atoms with van der Waals surface area (Å²) in [5.74, 6) is -1.61. The molecule has 1 atom stereocenters. The number of hydrogen-bond donors (Lipinski definition) is 1. The molecule has 0 aromatic heterocycles. The van der Waals surface area contributed by atoms with Crippen molar-refractivity contribution in [2.75, 3.05) is 23.7 Å². The van der Waals surface area contributed by atoms with Crippen LogP contribution in [0.5, 0.6) is 0 Å². The zero-order valence-electron chi connectivity index (χ0n) is 20.6. The number of anilines is 1. The average Bonchev–Trinajstić information content (AvgIpc) is 2.86. The number of benzene rings is 3. The molecule has 0 aliphatic rings. The molecule has 0 unspecified atom stereocenters. The number of hydrogen-bond acceptors (Lipinski definition) is 4. The van der Waals surface area contributed by atoms with Gasteiger partial charge in [0.25, 0.3) is 0 Å². The van der Waals surface area contributed by atoms with Crippen LogP contribution in [0.1, 0.15) is 18.1 Å². The minimum absolute atomic E-state index is 0.159. The van der Waals surface area contributed by atoms with Gasteiger partial charge in [-0.25, -0.2) is 12.8 Å². The second-order valence-electron chi connectivity index (χ2n) is 8.46. The molecule has 3 rings (SSSR count). The van der Waals surface area contributed by atoms with E-state index < -0.39 is 40.2 Å².